The van der Waals surface area contributed by atoms with E-state index in [-0.39, 0.29) is 0 Å². The summed E-state index contributed by atoms with van der Waals surface area (Å²) in [7, 11) is -3.38. The highest BCUT2D eigenvalue weighted by atomic mass is 32.2. The maximum Gasteiger partial charge on any atom is 0.243 e. The molecule has 1 aliphatic heterocycles. The van der Waals surface area contributed by atoms with Crippen molar-refractivity contribution in [3.63, 3.8) is 0 Å². The lowest BCUT2D eigenvalue weighted by molar-refractivity contribution is 0.288. The van der Waals surface area contributed by atoms with Crippen LogP contribution in [0.3, 0.4) is 0 Å². The van der Waals surface area contributed by atoms with E-state index in [0.717, 1.165) is 24.8 Å². The quantitative estimate of drug-likeness (QED) is 0.865. The Balaban J connectivity index is 2.27. The molecule has 2 rings (SSSR count). The summed E-state index contributed by atoms with van der Waals surface area (Å²) in [5, 5.41) is 0. The van der Waals surface area contributed by atoms with E-state index in [1.54, 1.807) is 16.4 Å². The summed E-state index contributed by atoms with van der Waals surface area (Å²) in [6.07, 6.45) is 2.68. The van der Waals surface area contributed by atoms with E-state index in [1.807, 2.05) is 13.0 Å². The molecule has 5 heteroatoms. The highest BCUT2D eigenvalue weighted by Gasteiger charge is 2.28. The molecule has 1 aromatic rings. The summed E-state index contributed by atoms with van der Waals surface area (Å²) in [6, 6.07) is 5.07. The first kappa shape index (κ1) is 14.3. The van der Waals surface area contributed by atoms with Crippen molar-refractivity contribution in [2.45, 2.75) is 38.0 Å². The number of benzene rings is 1. The molecule has 1 saturated heterocycles. The molecule has 0 atom stereocenters. The van der Waals surface area contributed by atoms with E-state index >= 15 is 0 Å². The smallest absolute Gasteiger partial charge is 0.243 e. The largest absolute Gasteiger partial charge is 0.398 e. The van der Waals surface area contributed by atoms with Gasteiger partial charge in [-0.3, -0.25) is 0 Å². The van der Waals surface area contributed by atoms with Crippen molar-refractivity contribution < 1.29 is 8.42 Å². The highest BCUT2D eigenvalue weighted by molar-refractivity contribution is 7.89. The molecule has 1 heterocycles. The lowest BCUT2D eigenvalue weighted by Gasteiger charge is -2.29. The Morgan fingerprint density at radius 1 is 1.32 bits per heavy atom. The number of anilines is 1. The maximum atomic E-state index is 12.5. The van der Waals surface area contributed by atoms with E-state index in [9.17, 15) is 8.42 Å². The monoisotopic (exact) mass is 282 g/mol. The Labute approximate surface area is 115 Å². The molecule has 4 nitrogen and oxygen atoms in total. The van der Waals surface area contributed by atoms with Crippen molar-refractivity contribution in [2.75, 3.05) is 18.8 Å². The summed E-state index contributed by atoms with van der Waals surface area (Å²) in [6.45, 7) is 5.39. The molecule has 0 spiro atoms. The Kier molecular flexibility index (Phi) is 4.16. The summed E-state index contributed by atoms with van der Waals surface area (Å²) >= 11 is 0. The van der Waals surface area contributed by atoms with Crippen molar-refractivity contribution in [3.05, 3.63) is 23.8 Å². The molecule has 106 valence electrons. The second-order valence-electron chi connectivity index (χ2n) is 5.30. The number of sulfonamides is 1. The van der Waals surface area contributed by atoms with Gasteiger partial charge in [-0.2, -0.15) is 4.31 Å². The van der Waals surface area contributed by atoms with Crippen molar-refractivity contribution in [2.24, 2.45) is 5.92 Å². The van der Waals surface area contributed by atoms with Gasteiger partial charge >= 0.3 is 0 Å². The van der Waals surface area contributed by atoms with Crippen LogP contribution in [-0.4, -0.2) is 25.8 Å². The van der Waals surface area contributed by atoms with Crippen LogP contribution in [0.1, 0.15) is 32.3 Å². The fourth-order valence-corrected chi connectivity index (χ4v) is 3.94. The highest BCUT2D eigenvalue weighted by Crippen LogP contribution is 2.25. The molecular formula is C14H22N2O2S. The molecule has 1 fully saturated rings. The predicted molar refractivity (Wildman–Crippen MR) is 77.4 cm³/mol. The Morgan fingerprint density at radius 2 is 1.95 bits per heavy atom. The van der Waals surface area contributed by atoms with Gasteiger partial charge in [0.1, 0.15) is 0 Å². The van der Waals surface area contributed by atoms with Gasteiger partial charge in [-0.25, -0.2) is 8.42 Å². The van der Waals surface area contributed by atoms with Crippen molar-refractivity contribution in [1.29, 1.82) is 0 Å². The first-order valence-corrected chi connectivity index (χ1v) is 8.27. The standard InChI is InChI=1S/C14H22N2O2S/c1-3-12-4-5-13(10-14(12)15)19(17,18)16-8-6-11(2)7-9-16/h4-5,10-11H,3,6-9,15H2,1-2H3. The van der Waals surface area contributed by atoms with E-state index in [0.29, 0.717) is 29.6 Å². The number of nitrogens with zero attached hydrogens (tertiary/aromatic N) is 1. The molecule has 0 aromatic heterocycles. The van der Waals surface area contributed by atoms with Crippen LogP contribution in [0, 0.1) is 5.92 Å². The first-order chi connectivity index (χ1) is 8.95. The summed E-state index contributed by atoms with van der Waals surface area (Å²) in [5.41, 5.74) is 7.45. The number of rotatable bonds is 3. The number of aryl methyl sites for hydroxylation is 1. The Hall–Kier alpha value is -1.07. The van der Waals surface area contributed by atoms with E-state index in [1.165, 1.54) is 0 Å². The van der Waals surface area contributed by atoms with E-state index in [4.69, 9.17) is 5.73 Å². The van der Waals surface area contributed by atoms with Gasteiger partial charge in [-0.05, 0) is 42.9 Å². The van der Waals surface area contributed by atoms with Crippen LogP contribution < -0.4 is 5.73 Å². The van der Waals surface area contributed by atoms with Gasteiger partial charge in [0.25, 0.3) is 0 Å². The topological polar surface area (TPSA) is 63.4 Å². The molecule has 0 radical (unpaired) electrons. The van der Waals surface area contributed by atoms with Gasteiger partial charge < -0.3 is 5.73 Å². The third kappa shape index (κ3) is 2.92. The van der Waals surface area contributed by atoms with Gasteiger partial charge in [-0.15, -0.1) is 0 Å². The van der Waals surface area contributed by atoms with Crippen LogP contribution >= 0.6 is 0 Å². The third-order valence-electron chi connectivity index (χ3n) is 3.88. The third-order valence-corrected chi connectivity index (χ3v) is 5.77. The average Bonchev–Trinajstić information content (AvgIpc) is 2.39. The van der Waals surface area contributed by atoms with E-state index in [2.05, 4.69) is 6.92 Å². The minimum atomic E-state index is -3.38. The number of hydrogen-bond acceptors (Lipinski definition) is 3. The van der Waals surface area contributed by atoms with Gasteiger partial charge in [0.15, 0.2) is 0 Å². The van der Waals surface area contributed by atoms with Gasteiger partial charge in [0.05, 0.1) is 4.90 Å². The number of nitrogen functional groups attached to an aromatic ring is 1. The zero-order valence-electron chi connectivity index (χ0n) is 11.6. The second kappa shape index (κ2) is 5.51. The SMILES string of the molecule is CCc1ccc(S(=O)(=O)N2CCC(C)CC2)cc1N. The van der Waals surface area contributed by atoms with Crippen molar-refractivity contribution in [1.82, 2.24) is 4.31 Å². The average molecular weight is 282 g/mol. The zero-order valence-corrected chi connectivity index (χ0v) is 12.4. The molecular weight excluding hydrogens is 260 g/mol. The normalized spacial score (nSPS) is 18.6. The molecule has 0 aliphatic carbocycles. The predicted octanol–water partition coefficient (Wildman–Crippen LogP) is 2.25. The fraction of sp³-hybridized carbons (Fsp3) is 0.571. The molecule has 1 aliphatic rings. The number of piperidine rings is 1. The summed E-state index contributed by atoms with van der Waals surface area (Å²) in [5.74, 6) is 0.610. The lowest BCUT2D eigenvalue weighted by Crippen LogP contribution is -2.37. The molecule has 0 saturated carbocycles. The van der Waals surface area contributed by atoms with Crippen LogP contribution in [0.15, 0.2) is 23.1 Å². The van der Waals surface area contributed by atoms with Crippen molar-refractivity contribution >= 4 is 15.7 Å². The van der Waals surface area contributed by atoms with Crippen LogP contribution in [0.5, 0.6) is 0 Å². The van der Waals surface area contributed by atoms with Crippen molar-refractivity contribution in [3.8, 4) is 0 Å². The number of hydrogen-bond donors (Lipinski definition) is 1. The van der Waals surface area contributed by atoms with Gasteiger partial charge in [-0.1, -0.05) is 19.9 Å². The summed E-state index contributed by atoms with van der Waals surface area (Å²) in [4.78, 5) is 0.316. The first-order valence-electron chi connectivity index (χ1n) is 6.83. The maximum absolute atomic E-state index is 12.5. The zero-order chi connectivity index (χ0) is 14.0. The minimum Gasteiger partial charge on any atom is -0.398 e. The fourth-order valence-electron chi connectivity index (χ4n) is 2.43. The molecule has 2 N–H and O–H groups in total. The van der Waals surface area contributed by atoms with Crippen LogP contribution in [-0.2, 0) is 16.4 Å². The van der Waals surface area contributed by atoms with Crippen LogP contribution in [0.4, 0.5) is 5.69 Å². The van der Waals surface area contributed by atoms with Gasteiger partial charge in [0.2, 0.25) is 10.0 Å². The van der Waals surface area contributed by atoms with Gasteiger partial charge in [0, 0.05) is 18.8 Å². The van der Waals surface area contributed by atoms with Crippen LogP contribution in [0.2, 0.25) is 0 Å². The minimum absolute atomic E-state index is 0.316. The molecule has 0 bridgehead atoms. The van der Waals surface area contributed by atoms with E-state index < -0.39 is 10.0 Å². The molecule has 0 amide bonds. The molecule has 0 unspecified atom stereocenters. The Morgan fingerprint density at radius 3 is 2.47 bits per heavy atom. The second-order valence-corrected chi connectivity index (χ2v) is 7.24. The summed E-state index contributed by atoms with van der Waals surface area (Å²) < 4.78 is 26.6. The number of nitrogens with two attached hydrogens (primary N) is 1. The van der Waals surface area contributed by atoms with Crippen LogP contribution in [0.25, 0.3) is 0 Å². The molecule has 19 heavy (non-hydrogen) atoms. The Bertz CT molecular complexity index is 547. The lowest BCUT2D eigenvalue weighted by atomic mass is 10.0. The molecule has 1 aromatic carbocycles.